The number of nitrogens with zero attached hydrogens (tertiary/aromatic N) is 2. The molecule has 0 N–H and O–H groups in total. The Kier molecular flexibility index (Phi) is 6.43. The van der Waals surface area contributed by atoms with Crippen LogP contribution in [0.3, 0.4) is 0 Å². The zero-order chi connectivity index (χ0) is 18.6. The van der Waals surface area contributed by atoms with Crippen LogP contribution in [0.15, 0.2) is 40.2 Å². The average molecular weight is 355 g/mol. The van der Waals surface area contributed by atoms with Crippen LogP contribution in [0.2, 0.25) is 0 Å². The second-order valence-electron chi connectivity index (χ2n) is 6.59. The third-order valence-corrected chi connectivity index (χ3v) is 5.37. The minimum Gasteiger partial charge on any atom is -0.369 e. The highest BCUT2D eigenvalue weighted by Gasteiger charge is 2.13. The van der Waals surface area contributed by atoms with Crippen LogP contribution in [0, 0.1) is 27.7 Å². The van der Waals surface area contributed by atoms with Crippen molar-refractivity contribution in [3.8, 4) is 0 Å². The molecule has 0 aliphatic rings. The third kappa shape index (κ3) is 4.95. The van der Waals surface area contributed by atoms with Gasteiger partial charge < -0.3 is 4.90 Å². The molecule has 0 unspecified atom stereocenters. The van der Waals surface area contributed by atoms with Crippen molar-refractivity contribution >= 4 is 29.6 Å². The highest BCUT2D eigenvalue weighted by atomic mass is 32.2. The maximum Gasteiger partial charge on any atom is 0.173 e. The van der Waals surface area contributed by atoms with Crippen molar-refractivity contribution in [2.45, 2.75) is 32.6 Å². The normalized spacial score (nSPS) is 11.1. The molecule has 0 fully saturated rings. The van der Waals surface area contributed by atoms with E-state index in [9.17, 15) is 4.79 Å². The number of Topliss-reactive ketones (excluding diaryl/α,β-unsaturated/α-hetero) is 1. The Labute approximate surface area is 155 Å². The Balaban J connectivity index is 2.18. The monoisotopic (exact) mass is 354 g/mol. The number of benzene rings is 2. The summed E-state index contributed by atoms with van der Waals surface area (Å²) in [5.41, 5.74) is 6.14. The zero-order valence-corrected chi connectivity index (χ0v) is 16.7. The quantitative estimate of drug-likeness (QED) is 0.312. The molecule has 2 rings (SSSR count). The predicted octanol–water partition coefficient (Wildman–Crippen LogP) is 5.12. The number of aryl methyl sites for hydroxylation is 4. The van der Waals surface area contributed by atoms with E-state index in [0.717, 1.165) is 22.4 Å². The molecule has 0 aromatic heterocycles. The summed E-state index contributed by atoms with van der Waals surface area (Å²) < 4.78 is 0. The first-order valence-corrected chi connectivity index (χ1v) is 9.32. The molecule has 3 nitrogen and oxygen atoms in total. The molecule has 0 bridgehead atoms. The summed E-state index contributed by atoms with van der Waals surface area (Å²) >= 11 is 1.62. The van der Waals surface area contributed by atoms with E-state index in [1.807, 2.05) is 45.0 Å². The Morgan fingerprint density at radius 3 is 2.28 bits per heavy atom. The first-order valence-electron chi connectivity index (χ1n) is 8.33. The fraction of sp³-hybridized carbons (Fsp3) is 0.333. The number of hydrogen-bond acceptors (Lipinski definition) is 3. The van der Waals surface area contributed by atoms with Crippen LogP contribution in [-0.4, -0.2) is 36.9 Å². The van der Waals surface area contributed by atoms with Gasteiger partial charge in [0.05, 0.1) is 17.8 Å². The number of thioether (sulfide) groups is 1. The van der Waals surface area contributed by atoms with Crippen molar-refractivity contribution < 1.29 is 4.79 Å². The van der Waals surface area contributed by atoms with Gasteiger partial charge in [0.2, 0.25) is 0 Å². The fourth-order valence-electron chi connectivity index (χ4n) is 2.66. The number of carbonyl (C=O) groups excluding carboxylic acids is 1. The van der Waals surface area contributed by atoms with E-state index in [1.165, 1.54) is 16.0 Å². The van der Waals surface area contributed by atoms with Gasteiger partial charge in [-0.1, -0.05) is 18.2 Å². The van der Waals surface area contributed by atoms with Gasteiger partial charge in [-0.15, -0.1) is 11.8 Å². The molecule has 0 aliphatic carbocycles. The van der Waals surface area contributed by atoms with Crippen LogP contribution in [0.5, 0.6) is 0 Å². The second kappa shape index (κ2) is 8.34. The minimum absolute atomic E-state index is 0.163. The number of rotatable bonds is 6. The summed E-state index contributed by atoms with van der Waals surface area (Å²) in [4.78, 5) is 20.3. The van der Waals surface area contributed by atoms with E-state index in [4.69, 9.17) is 0 Å². The molecule has 0 heterocycles. The van der Waals surface area contributed by atoms with Crippen LogP contribution in [-0.2, 0) is 0 Å². The summed E-state index contributed by atoms with van der Waals surface area (Å²) in [6, 6.07) is 10.2. The summed E-state index contributed by atoms with van der Waals surface area (Å²) in [5.74, 6) is 0.614. The Morgan fingerprint density at radius 2 is 1.68 bits per heavy atom. The molecule has 2 aromatic rings. The lowest BCUT2D eigenvalue weighted by atomic mass is 10.0. The van der Waals surface area contributed by atoms with Crippen molar-refractivity contribution in [3.05, 3.63) is 58.1 Å². The molecule has 0 atom stereocenters. The molecule has 0 spiro atoms. The van der Waals surface area contributed by atoms with Gasteiger partial charge in [-0.2, -0.15) is 0 Å². The molecule has 0 aliphatic heterocycles. The van der Waals surface area contributed by atoms with E-state index < -0.39 is 0 Å². The maximum atomic E-state index is 12.7. The van der Waals surface area contributed by atoms with Crippen LogP contribution >= 0.6 is 11.8 Å². The summed E-state index contributed by atoms with van der Waals surface area (Å²) in [6.45, 7) is 8.15. The number of ketones is 1. The number of hydrogen-bond donors (Lipinski definition) is 0. The van der Waals surface area contributed by atoms with Gasteiger partial charge in [0, 0.05) is 24.6 Å². The summed E-state index contributed by atoms with van der Waals surface area (Å²) in [6.07, 6.45) is 1.78. The van der Waals surface area contributed by atoms with E-state index in [2.05, 4.69) is 37.0 Å². The first kappa shape index (κ1) is 19.3. The summed E-state index contributed by atoms with van der Waals surface area (Å²) in [5, 5.41) is 0. The van der Waals surface area contributed by atoms with Gasteiger partial charge in [0.1, 0.15) is 0 Å². The first-order chi connectivity index (χ1) is 11.8. The molecule has 4 heteroatoms. The van der Waals surface area contributed by atoms with E-state index >= 15 is 0 Å². The van der Waals surface area contributed by atoms with Gasteiger partial charge in [0.15, 0.2) is 5.78 Å². The third-order valence-electron chi connectivity index (χ3n) is 4.03. The van der Waals surface area contributed by atoms with Crippen LogP contribution in [0.1, 0.15) is 32.6 Å². The van der Waals surface area contributed by atoms with Crippen molar-refractivity contribution in [2.24, 2.45) is 4.99 Å². The molecular weight excluding hydrogens is 328 g/mol. The lowest BCUT2D eigenvalue weighted by molar-refractivity contribution is 0.102. The molecule has 0 amide bonds. The zero-order valence-electron chi connectivity index (χ0n) is 15.9. The highest BCUT2D eigenvalue weighted by molar-refractivity contribution is 8.00. The van der Waals surface area contributed by atoms with Crippen molar-refractivity contribution in [3.63, 3.8) is 0 Å². The van der Waals surface area contributed by atoms with Crippen LogP contribution in [0.4, 0.5) is 5.69 Å². The number of carbonyl (C=O) groups is 1. The molecule has 0 saturated carbocycles. The van der Waals surface area contributed by atoms with E-state index in [-0.39, 0.29) is 5.78 Å². The van der Waals surface area contributed by atoms with Crippen LogP contribution in [0.25, 0.3) is 0 Å². The van der Waals surface area contributed by atoms with Gasteiger partial charge in [0.25, 0.3) is 0 Å². The topological polar surface area (TPSA) is 32.7 Å². The second-order valence-corrected chi connectivity index (χ2v) is 7.58. The van der Waals surface area contributed by atoms with Crippen molar-refractivity contribution in [2.75, 3.05) is 19.8 Å². The Morgan fingerprint density at radius 1 is 1.04 bits per heavy atom. The summed E-state index contributed by atoms with van der Waals surface area (Å²) in [7, 11) is 3.88. The van der Waals surface area contributed by atoms with E-state index in [0.29, 0.717) is 5.75 Å². The smallest absolute Gasteiger partial charge is 0.173 e. The van der Waals surface area contributed by atoms with Crippen molar-refractivity contribution in [1.29, 1.82) is 0 Å². The largest absolute Gasteiger partial charge is 0.369 e. The van der Waals surface area contributed by atoms with Crippen LogP contribution < -0.4 is 0 Å². The molecule has 132 valence electrons. The standard InChI is InChI=1S/C21H26N2OS/c1-14-8-7-9-15(2)21(14)25-12-20(24)18-10-17(4)19(11-16(18)3)22-13-23(5)6/h7-11,13H,12H2,1-6H3. The SMILES string of the molecule is Cc1cc(C(=O)CSc2c(C)cccc2C)c(C)cc1N=CN(C)C. The molecule has 2 aromatic carbocycles. The Bertz CT molecular complexity index is 790. The van der Waals surface area contributed by atoms with Gasteiger partial charge >= 0.3 is 0 Å². The van der Waals surface area contributed by atoms with E-state index in [1.54, 1.807) is 18.1 Å². The Hall–Kier alpha value is -2.07. The minimum atomic E-state index is 0.163. The van der Waals surface area contributed by atoms with Gasteiger partial charge in [-0.3, -0.25) is 4.79 Å². The average Bonchev–Trinajstić information content (AvgIpc) is 2.54. The lowest BCUT2D eigenvalue weighted by Crippen LogP contribution is -2.08. The fourth-order valence-corrected chi connectivity index (χ4v) is 3.68. The molecule has 0 saturated heterocycles. The maximum absolute atomic E-state index is 12.7. The van der Waals surface area contributed by atoms with Gasteiger partial charge in [-0.05, 0) is 62.1 Å². The number of aliphatic imine (C=N–C) groups is 1. The molecule has 0 radical (unpaired) electrons. The lowest BCUT2D eigenvalue weighted by Gasteiger charge is -2.11. The van der Waals surface area contributed by atoms with Crippen molar-refractivity contribution in [1.82, 2.24) is 4.90 Å². The molecule has 25 heavy (non-hydrogen) atoms. The van der Waals surface area contributed by atoms with Gasteiger partial charge in [-0.25, -0.2) is 4.99 Å². The highest BCUT2D eigenvalue weighted by Crippen LogP contribution is 2.28. The molecular formula is C21H26N2OS. The predicted molar refractivity (Wildman–Crippen MR) is 109 cm³/mol.